The number of nitrogens with zero attached hydrogens (tertiary/aromatic N) is 1. The minimum absolute atomic E-state index is 0.0659. The average molecular weight is 286 g/mol. The van der Waals surface area contributed by atoms with Crippen molar-refractivity contribution in [1.29, 1.82) is 0 Å². The van der Waals surface area contributed by atoms with Crippen molar-refractivity contribution in [3.05, 3.63) is 0 Å². The Morgan fingerprint density at radius 2 is 2.15 bits per heavy atom. The fourth-order valence-corrected chi connectivity index (χ4v) is 2.61. The highest BCUT2D eigenvalue weighted by Crippen LogP contribution is 2.19. The molecule has 2 N–H and O–H groups in total. The van der Waals surface area contributed by atoms with Gasteiger partial charge in [0.05, 0.1) is 25.4 Å². The number of carboxylic acid groups (broad SMARTS) is 1. The lowest BCUT2D eigenvalue weighted by molar-refractivity contribution is -0.142. The number of urea groups is 1. The van der Waals surface area contributed by atoms with Crippen LogP contribution in [0.4, 0.5) is 4.79 Å². The van der Waals surface area contributed by atoms with Crippen LogP contribution >= 0.6 is 0 Å². The van der Waals surface area contributed by atoms with E-state index in [1.807, 2.05) is 0 Å². The Morgan fingerprint density at radius 3 is 2.80 bits per heavy atom. The molecule has 0 aromatic carbocycles. The number of nitrogens with one attached hydrogen (secondary N) is 1. The van der Waals surface area contributed by atoms with Crippen molar-refractivity contribution in [3.8, 4) is 0 Å². The number of rotatable bonds is 4. The number of hydrogen-bond acceptors (Lipinski definition) is 4. The molecule has 7 nitrogen and oxygen atoms in total. The maximum atomic E-state index is 12.1. The number of carbonyl (C=O) groups excluding carboxylic acids is 1. The van der Waals surface area contributed by atoms with Gasteiger partial charge in [-0.05, 0) is 19.3 Å². The molecular weight excluding hydrogens is 264 g/mol. The van der Waals surface area contributed by atoms with Crippen LogP contribution < -0.4 is 5.32 Å². The minimum Gasteiger partial charge on any atom is -0.481 e. The minimum atomic E-state index is -0.928. The summed E-state index contributed by atoms with van der Waals surface area (Å²) in [6.45, 7) is 1.63. The van der Waals surface area contributed by atoms with Crippen LogP contribution in [0.25, 0.3) is 0 Å². The molecule has 2 amide bonds. The highest BCUT2D eigenvalue weighted by Gasteiger charge is 2.38. The Hall–Kier alpha value is -1.34. The Kier molecular flexibility index (Phi) is 5.19. The van der Waals surface area contributed by atoms with E-state index < -0.39 is 17.9 Å². The average Bonchev–Trinajstić information content (AvgIpc) is 2.94. The van der Waals surface area contributed by atoms with E-state index in [1.165, 1.54) is 4.90 Å². The van der Waals surface area contributed by atoms with Crippen molar-refractivity contribution in [2.75, 3.05) is 33.4 Å². The lowest BCUT2D eigenvalue weighted by atomic mass is 10.0. The lowest BCUT2D eigenvalue weighted by Gasteiger charge is -2.28. The SMILES string of the molecule is CN(C(=O)NCC1CCCCO1)C1COCC1C(=O)O. The third-order valence-corrected chi connectivity index (χ3v) is 3.94. The van der Waals surface area contributed by atoms with Gasteiger partial charge in [0.15, 0.2) is 0 Å². The molecule has 7 heteroatoms. The quantitative estimate of drug-likeness (QED) is 0.776. The lowest BCUT2D eigenvalue weighted by Crippen LogP contribution is -2.50. The largest absolute Gasteiger partial charge is 0.481 e. The smallest absolute Gasteiger partial charge is 0.317 e. The van der Waals surface area contributed by atoms with E-state index in [4.69, 9.17) is 14.6 Å². The number of likely N-dealkylation sites (N-methyl/N-ethyl adjacent to an activating group) is 1. The van der Waals surface area contributed by atoms with E-state index >= 15 is 0 Å². The molecule has 2 saturated heterocycles. The van der Waals surface area contributed by atoms with Gasteiger partial charge in [-0.3, -0.25) is 4.79 Å². The second-order valence-electron chi connectivity index (χ2n) is 5.34. The molecular formula is C13H22N2O5. The zero-order valence-electron chi connectivity index (χ0n) is 11.7. The third-order valence-electron chi connectivity index (χ3n) is 3.94. The summed E-state index contributed by atoms with van der Waals surface area (Å²) >= 11 is 0. The van der Waals surface area contributed by atoms with Crippen LogP contribution in [0, 0.1) is 5.92 Å². The molecule has 0 aromatic rings. The number of amides is 2. The zero-order valence-corrected chi connectivity index (χ0v) is 11.7. The Balaban J connectivity index is 1.80. The predicted molar refractivity (Wildman–Crippen MR) is 70.5 cm³/mol. The second-order valence-corrected chi connectivity index (χ2v) is 5.34. The summed E-state index contributed by atoms with van der Waals surface area (Å²) in [6.07, 6.45) is 3.21. The molecule has 2 heterocycles. The fraction of sp³-hybridized carbons (Fsp3) is 0.846. The fourth-order valence-electron chi connectivity index (χ4n) is 2.61. The summed E-state index contributed by atoms with van der Waals surface area (Å²) in [5, 5.41) is 11.9. The maximum absolute atomic E-state index is 12.1. The van der Waals surface area contributed by atoms with E-state index in [0.717, 1.165) is 25.9 Å². The van der Waals surface area contributed by atoms with Crippen LogP contribution in [0.3, 0.4) is 0 Å². The number of carboxylic acids is 1. The van der Waals surface area contributed by atoms with E-state index in [9.17, 15) is 9.59 Å². The molecule has 0 saturated carbocycles. The summed E-state index contributed by atoms with van der Waals surface area (Å²) in [4.78, 5) is 24.6. The first kappa shape index (κ1) is 15.1. The molecule has 20 heavy (non-hydrogen) atoms. The number of ether oxygens (including phenoxy) is 2. The molecule has 0 bridgehead atoms. The van der Waals surface area contributed by atoms with E-state index in [1.54, 1.807) is 7.05 Å². The van der Waals surface area contributed by atoms with Gasteiger partial charge in [-0.1, -0.05) is 0 Å². The molecule has 0 spiro atoms. The normalized spacial score (nSPS) is 29.9. The van der Waals surface area contributed by atoms with Gasteiger partial charge in [0.2, 0.25) is 0 Å². The summed E-state index contributed by atoms with van der Waals surface area (Å²) in [5.74, 6) is -1.58. The van der Waals surface area contributed by atoms with Crippen LogP contribution in [0.1, 0.15) is 19.3 Å². The zero-order chi connectivity index (χ0) is 14.5. The number of carbonyl (C=O) groups is 2. The summed E-state index contributed by atoms with van der Waals surface area (Å²) in [6, 6.07) is -0.694. The highest BCUT2D eigenvalue weighted by atomic mass is 16.5. The van der Waals surface area contributed by atoms with Gasteiger partial charge < -0.3 is 24.8 Å². The standard InChI is InChI=1S/C13H22N2O5/c1-15(11-8-19-7-10(11)12(16)17)13(18)14-6-9-4-2-3-5-20-9/h9-11H,2-8H2,1H3,(H,14,18)(H,16,17). The molecule has 2 fully saturated rings. The van der Waals surface area contributed by atoms with Gasteiger partial charge in [0.1, 0.15) is 5.92 Å². The summed E-state index contributed by atoms with van der Waals surface area (Å²) in [7, 11) is 1.60. The van der Waals surface area contributed by atoms with Gasteiger partial charge in [-0.15, -0.1) is 0 Å². The highest BCUT2D eigenvalue weighted by molar-refractivity contribution is 5.77. The first-order chi connectivity index (χ1) is 9.59. The van der Waals surface area contributed by atoms with Crippen molar-refractivity contribution in [2.45, 2.75) is 31.4 Å². The van der Waals surface area contributed by atoms with E-state index in [0.29, 0.717) is 6.54 Å². The summed E-state index contributed by atoms with van der Waals surface area (Å²) < 4.78 is 10.7. The second kappa shape index (κ2) is 6.90. The van der Waals surface area contributed by atoms with Crippen LogP contribution in [-0.2, 0) is 14.3 Å². The van der Waals surface area contributed by atoms with Crippen molar-refractivity contribution in [2.24, 2.45) is 5.92 Å². The van der Waals surface area contributed by atoms with Crippen LogP contribution in [0.2, 0.25) is 0 Å². The van der Waals surface area contributed by atoms with Crippen LogP contribution in [0.15, 0.2) is 0 Å². The Bertz CT molecular complexity index is 357. The van der Waals surface area contributed by atoms with Crippen molar-refractivity contribution in [1.82, 2.24) is 10.2 Å². The molecule has 0 aromatic heterocycles. The van der Waals surface area contributed by atoms with Gasteiger partial charge in [0.25, 0.3) is 0 Å². The molecule has 2 aliphatic heterocycles. The van der Waals surface area contributed by atoms with E-state index in [2.05, 4.69) is 5.32 Å². The Morgan fingerprint density at radius 1 is 1.35 bits per heavy atom. The summed E-state index contributed by atoms with van der Waals surface area (Å²) in [5.41, 5.74) is 0. The van der Waals surface area contributed by atoms with Gasteiger partial charge in [-0.25, -0.2) is 4.79 Å². The van der Waals surface area contributed by atoms with E-state index in [-0.39, 0.29) is 25.3 Å². The molecule has 114 valence electrons. The van der Waals surface area contributed by atoms with Crippen molar-refractivity contribution < 1.29 is 24.2 Å². The monoisotopic (exact) mass is 286 g/mol. The topological polar surface area (TPSA) is 88.1 Å². The predicted octanol–water partition coefficient (Wildman–Crippen LogP) is 0.296. The number of hydrogen-bond donors (Lipinski definition) is 2. The number of aliphatic carboxylic acids is 1. The first-order valence-corrected chi connectivity index (χ1v) is 7.02. The Labute approximate surface area is 118 Å². The third kappa shape index (κ3) is 3.61. The van der Waals surface area contributed by atoms with Crippen LogP contribution in [0.5, 0.6) is 0 Å². The maximum Gasteiger partial charge on any atom is 0.317 e. The molecule has 2 rings (SSSR count). The molecule has 0 aliphatic carbocycles. The molecule has 3 atom stereocenters. The van der Waals surface area contributed by atoms with Crippen molar-refractivity contribution in [3.63, 3.8) is 0 Å². The van der Waals surface area contributed by atoms with Gasteiger partial charge in [-0.2, -0.15) is 0 Å². The molecule has 0 radical (unpaired) electrons. The first-order valence-electron chi connectivity index (χ1n) is 7.02. The van der Waals surface area contributed by atoms with Gasteiger partial charge in [0, 0.05) is 20.2 Å². The molecule has 2 aliphatic rings. The molecule has 3 unspecified atom stereocenters. The van der Waals surface area contributed by atoms with Crippen LogP contribution in [-0.4, -0.2) is 67.6 Å². The van der Waals surface area contributed by atoms with Gasteiger partial charge >= 0.3 is 12.0 Å². The van der Waals surface area contributed by atoms with Crippen molar-refractivity contribution >= 4 is 12.0 Å².